The molecule has 0 unspecified atom stereocenters. The first-order valence-corrected chi connectivity index (χ1v) is 8.98. The average Bonchev–Trinajstić information content (AvgIpc) is 3.04. The van der Waals surface area contributed by atoms with Gasteiger partial charge in [-0.3, -0.25) is 9.59 Å². The van der Waals surface area contributed by atoms with Crippen LogP contribution in [-0.4, -0.2) is 28.2 Å². The van der Waals surface area contributed by atoms with Gasteiger partial charge >= 0.3 is 5.97 Å². The molecule has 3 aromatic rings. The third kappa shape index (κ3) is 4.45. The van der Waals surface area contributed by atoms with E-state index in [1.54, 1.807) is 47.2 Å². The topological polar surface area (TPSA) is 104 Å². The van der Waals surface area contributed by atoms with Gasteiger partial charge in [-0.2, -0.15) is 5.26 Å². The second-order valence-electron chi connectivity index (χ2n) is 6.18. The number of carboxylic acid groups (broad SMARTS) is 1. The van der Waals surface area contributed by atoms with E-state index in [1.807, 2.05) is 25.1 Å². The first-order valence-electron chi connectivity index (χ1n) is 8.98. The molecule has 0 spiro atoms. The van der Waals surface area contributed by atoms with Crippen molar-refractivity contribution in [1.29, 1.82) is 5.26 Å². The van der Waals surface area contributed by atoms with Crippen LogP contribution in [0.5, 0.6) is 5.75 Å². The lowest BCUT2D eigenvalue weighted by Crippen LogP contribution is -2.14. The van der Waals surface area contributed by atoms with E-state index in [0.717, 1.165) is 5.39 Å². The number of para-hydroxylation sites is 3. The molecule has 7 heteroatoms. The molecule has 1 aromatic heterocycles. The molecule has 0 saturated heterocycles. The summed E-state index contributed by atoms with van der Waals surface area (Å²) in [6.45, 7) is 2.06. The van der Waals surface area contributed by atoms with E-state index in [4.69, 9.17) is 9.84 Å². The largest absolute Gasteiger partial charge is 0.492 e. The van der Waals surface area contributed by atoms with Gasteiger partial charge in [-0.15, -0.1) is 0 Å². The predicted octanol–water partition coefficient (Wildman–Crippen LogP) is 3.67. The Morgan fingerprint density at radius 1 is 1.21 bits per heavy atom. The van der Waals surface area contributed by atoms with Crippen LogP contribution in [0, 0.1) is 11.3 Å². The van der Waals surface area contributed by atoms with Gasteiger partial charge in [0.25, 0.3) is 5.91 Å². The van der Waals surface area contributed by atoms with E-state index < -0.39 is 11.9 Å². The Morgan fingerprint density at radius 2 is 1.93 bits per heavy atom. The summed E-state index contributed by atoms with van der Waals surface area (Å²) in [4.78, 5) is 23.8. The van der Waals surface area contributed by atoms with Crippen LogP contribution >= 0.6 is 0 Å². The van der Waals surface area contributed by atoms with Crippen molar-refractivity contribution in [2.24, 2.45) is 0 Å². The maximum atomic E-state index is 12.7. The van der Waals surface area contributed by atoms with Crippen LogP contribution in [0.25, 0.3) is 17.0 Å². The maximum Gasteiger partial charge on any atom is 0.323 e. The molecule has 0 fully saturated rings. The molecule has 2 N–H and O–H groups in total. The Bertz CT molecular complexity index is 1140. The van der Waals surface area contributed by atoms with Gasteiger partial charge in [0.05, 0.1) is 12.3 Å². The zero-order valence-electron chi connectivity index (χ0n) is 15.8. The maximum absolute atomic E-state index is 12.7. The number of carbonyl (C=O) groups excluding carboxylic acids is 1. The number of aliphatic carboxylic acids is 1. The van der Waals surface area contributed by atoms with Crippen LogP contribution in [0.4, 0.5) is 5.69 Å². The fourth-order valence-electron chi connectivity index (χ4n) is 3.01. The third-order valence-corrected chi connectivity index (χ3v) is 4.23. The smallest absolute Gasteiger partial charge is 0.323 e. The molecule has 1 amide bonds. The summed E-state index contributed by atoms with van der Waals surface area (Å²) in [6.07, 6.45) is 3.08. The molecule has 29 heavy (non-hydrogen) atoms. The van der Waals surface area contributed by atoms with E-state index in [1.165, 1.54) is 6.08 Å². The molecule has 146 valence electrons. The van der Waals surface area contributed by atoms with Gasteiger partial charge in [0.1, 0.15) is 23.9 Å². The number of nitrogens with one attached hydrogen (secondary N) is 1. The molecule has 1 heterocycles. The number of aromatic nitrogens is 1. The molecule has 0 aliphatic carbocycles. The van der Waals surface area contributed by atoms with Crippen LogP contribution in [0.15, 0.2) is 60.3 Å². The summed E-state index contributed by atoms with van der Waals surface area (Å²) in [5.41, 5.74) is 1.66. The monoisotopic (exact) mass is 389 g/mol. The molecule has 0 atom stereocenters. The van der Waals surface area contributed by atoms with Gasteiger partial charge in [-0.1, -0.05) is 30.3 Å². The Balaban J connectivity index is 1.95. The highest BCUT2D eigenvalue weighted by Gasteiger charge is 2.15. The van der Waals surface area contributed by atoms with E-state index in [2.05, 4.69) is 5.32 Å². The number of hydrogen-bond acceptors (Lipinski definition) is 4. The van der Waals surface area contributed by atoms with E-state index in [0.29, 0.717) is 29.1 Å². The number of carbonyl (C=O) groups is 2. The normalized spacial score (nSPS) is 11.1. The average molecular weight is 389 g/mol. The number of nitriles is 1. The van der Waals surface area contributed by atoms with Crippen molar-refractivity contribution >= 4 is 34.5 Å². The Kier molecular flexibility index (Phi) is 5.95. The van der Waals surface area contributed by atoms with Crippen LogP contribution < -0.4 is 10.1 Å². The SMILES string of the molecule is CCOc1ccccc1NC(=O)C(C#N)=Cc1cn(CC(=O)O)c2ccccc12. The number of rotatable bonds is 7. The highest BCUT2D eigenvalue weighted by atomic mass is 16.5. The van der Waals surface area contributed by atoms with Gasteiger partial charge in [-0.25, -0.2) is 0 Å². The van der Waals surface area contributed by atoms with Gasteiger partial charge in [0.15, 0.2) is 0 Å². The van der Waals surface area contributed by atoms with Crippen molar-refractivity contribution in [3.05, 3.63) is 65.9 Å². The number of benzene rings is 2. The molecule has 0 aliphatic rings. The first kappa shape index (κ1) is 19.7. The summed E-state index contributed by atoms with van der Waals surface area (Å²) in [5.74, 6) is -1.04. The van der Waals surface area contributed by atoms with Crippen LogP contribution in [0.2, 0.25) is 0 Å². The zero-order chi connectivity index (χ0) is 20.8. The minimum absolute atomic E-state index is 0.102. The van der Waals surface area contributed by atoms with Gasteiger partial charge in [-0.05, 0) is 31.2 Å². The number of hydrogen-bond donors (Lipinski definition) is 2. The van der Waals surface area contributed by atoms with Crippen molar-refractivity contribution in [2.75, 3.05) is 11.9 Å². The third-order valence-electron chi connectivity index (χ3n) is 4.23. The lowest BCUT2D eigenvalue weighted by atomic mass is 10.1. The highest BCUT2D eigenvalue weighted by Crippen LogP contribution is 2.26. The molecule has 7 nitrogen and oxygen atoms in total. The van der Waals surface area contributed by atoms with E-state index in [-0.39, 0.29) is 12.1 Å². The van der Waals surface area contributed by atoms with E-state index in [9.17, 15) is 14.9 Å². The second-order valence-corrected chi connectivity index (χ2v) is 6.18. The number of amides is 1. The fraction of sp³-hybridized carbons (Fsp3) is 0.136. The molecule has 3 rings (SSSR count). The van der Waals surface area contributed by atoms with Gasteiger partial charge in [0, 0.05) is 22.7 Å². The second kappa shape index (κ2) is 8.76. The van der Waals surface area contributed by atoms with Crippen LogP contribution in [0.1, 0.15) is 12.5 Å². The Hall–Kier alpha value is -4.05. The molecule has 2 aromatic carbocycles. The standard InChI is InChI=1S/C22H19N3O4/c1-2-29-20-10-6-4-8-18(20)24-22(28)15(12-23)11-16-13-25(14-21(26)27)19-9-5-3-7-17(16)19/h3-11,13H,2,14H2,1H3,(H,24,28)(H,26,27). The van der Waals surface area contributed by atoms with E-state index >= 15 is 0 Å². The summed E-state index contributed by atoms with van der Waals surface area (Å²) >= 11 is 0. The molecule has 0 saturated carbocycles. The minimum atomic E-state index is -0.980. The fourth-order valence-corrected chi connectivity index (χ4v) is 3.01. The predicted molar refractivity (Wildman–Crippen MR) is 109 cm³/mol. The molecule has 0 bridgehead atoms. The highest BCUT2D eigenvalue weighted by molar-refractivity contribution is 6.11. The quantitative estimate of drug-likeness (QED) is 0.474. The number of nitrogens with zero attached hydrogens (tertiary/aromatic N) is 2. The molecule has 0 radical (unpaired) electrons. The number of ether oxygens (including phenoxy) is 1. The van der Waals surface area contributed by atoms with Crippen molar-refractivity contribution in [1.82, 2.24) is 4.57 Å². The zero-order valence-corrected chi connectivity index (χ0v) is 15.8. The van der Waals surface area contributed by atoms with Gasteiger partial charge < -0.3 is 19.7 Å². The van der Waals surface area contributed by atoms with Crippen molar-refractivity contribution in [3.8, 4) is 11.8 Å². The van der Waals surface area contributed by atoms with Crippen molar-refractivity contribution in [2.45, 2.75) is 13.5 Å². The lowest BCUT2D eigenvalue weighted by molar-refractivity contribution is -0.137. The molecular formula is C22H19N3O4. The Labute approximate surface area is 167 Å². The lowest BCUT2D eigenvalue weighted by Gasteiger charge is -2.10. The number of carboxylic acids is 1. The van der Waals surface area contributed by atoms with Gasteiger partial charge in [0.2, 0.25) is 0 Å². The molecule has 0 aliphatic heterocycles. The Morgan fingerprint density at radius 3 is 2.66 bits per heavy atom. The van der Waals surface area contributed by atoms with Crippen LogP contribution in [0.3, 0.4) is 0 Å². The van der Waals surface area contributed by atoms with Crippen LogP contribution in [-0.2, 0) is 16.1 Å². The summed E-state index contributed by atoms with van der Waals surface area (Å²) in [7, 11) is 0. The number of fused-ring (bicyclic) bond motifs is 1. The number of anilines is 1. The van der Waals surface area contributed by atoms with Crippen molar-refractivity contribution in [3.63, 3.8) is 0 Å². The summed E-state index contributed by atoms with van der Waals surface area (Å²) in [6, 6.07) is 16.1. The van der Waals surface area contributed by atoms with Crippen molar-refractivity contribution < 1.29 is 19.4 Å². The first-order chi connectivity index (χ1) is 14.0. The minimum Gasteiger partial charge on any atom is -0.492 e. The molecular weight excluding hydrogens is 370 g/mol. The summed E-state index contributed by atoms with van der Waals surface area (Å²) in [5, 5.41) is 22.1. The summed E-state index contributed by atoms with van der Waals surface area (Å²) < 4.78 is 7.06.